The van der Waals surface area contributed by atoms with E-state index < -0.39 is 0 Å². The van der Waals surface area contributed by atoms with Crippen molar-refractivity contribution in [3.63, 3.8) is 0 Å². The van der Waals surface area contributed by atoms with Gasteiger partial charge in [0, 0.05) is 36.8 Å². The van der Waals surface area contributed by atoms with E-state index in [1.807, 2.05) is 24.9 Å². The van der Waals surface area contributed by atoms with Crippen molar-refractivity contribution in [3.05, 3.63) is 65.7 Å². The Kier molecular flexibility index (Phi) is 8.51. The first kappa shape index (κ1) is 20.3. The van der Waals surface area contributed by atoms with E-state index in [1.54, 1.807) is 0 Å². The van der Waals surface area contributed by atoms with Crippen molar-refractivity contribution in [2.75, 3.05) is 27.7 Å². The van der Waals surface area contributed by atoms with Crippen LogP contribution in [0.4, 0.5) is 0 Å². The highest BCUT2D eigenvalue weighted by atomic mass is 32.2. The van der Waals surface area contributed by atoms with Gasteiger partial charge in [-0.15, -0.1) is 11.8 Å². The van der Waals surface area contributed by atoms with Gasteiger partial charge in [-0.2, -0.15) is 0 Å². The molecule has 0 saturated carbocycles. The molecule has 0 aliphatic carbocycles. The largest absolute Gasteiger partial charge is 0.355 e. The third-order valence-corrected chi connectivity index (χ3v) is 4.96. The minimum absolute atomic E-state index is 0.460. The van der Waals surface area contributed by atoms with Crippen LogP contribution in [0.5, 0.6) is 0 Å². The van der Waals surface area contributed by atoms with Crippen molar-refractivity contribution in [3.8, 4) is 0 Å². The molecule has 0 radical (unpaired) electrons. The molecule has 2 aromatic rings. The van der Waals surface area contributed by atoms with E-state index in [0.717, 1.165) is 25.6 Å². The van der Waals surface area contributed by atoms with Gasteiger partial charge in [0.25, 0.3) is 0 Å². The van der Waals surface area contributed by atoms with Crippen LogP contribution in [-0.2, 0) is 13.1 Å². The third kappa shape index (κ3) is 7.50. The third-order valence-electron chi connectivity index (χ3n) is 3.84. The topological polar surface area (TPSA) is 39.7 Å². The first-order valence-electron chi connectivity index (χ1n) is 8.95. The van der Waals surface area contributed by atoms with Crippen molar-refractivity contribution in [2.45, 2.75) is 30.2 Å². The average Bonchev–Trinajstić information content (AvgIpc) is 2.63. The molecule has 0 amide bonds. The van der Waals surface area contributed by atoms with Crippen LogP contribution in [0.25, 0.3) is 0 Å². The summed E-state index contributed by atoms with van der Waals surface area (Å²) in [5.41, 5.74) is 2.58. The second kappa shape index (κ2) is 10.9. The molecule has 1 unspecified atom stereocenters. The van der Waals surface area contributed by atoms with Gasteiger partial charge in [0.2, 0.25) is 0 Å². The molecular formula is C21H30N4S. The summed E-state index contributed by atoms with van der Waals surface area (Å²) in [6.07, 6.45) is 0. The Morgan fingerprint density at radius 3 is 2.27 bits per heavy atom. The molecule has 0 spiro atoms. The summed E-state index contributed by atoms with van der Waals surface area (Å²) in [5, 5.41) is 7.25. The predicted molar refractivity (Wildman–Crippen MR) is 114 cm³/mol. The molecule has 0 aliphatic rings. The minimum Gasteiger partial charge on any atom is -0.355 e. The van der Waals surface area contributed by atoms with Gasteiger partial charge in [0.05, 0.1) is 0 Å². The first-order chi connectivity index (χ1) is 12.6. The van der Waals surface area contributed by atoms with E-state index in [4.69, 9.17) is 0 Å². The number of nitrogens with one attached hydrogen (secondary N) is 2. The molecule has 2 N–H and O–H groups in total. The van der Waals surface area contributed by atoms with Crippen molar-refractivity contribution < 1.29 is 0 Å². The van der Waals surface area contributed by atoms with Crippen LogP contribution < -0.4 is 10.6 Å². The zero-order chi connectivity index (χ0) is 18.8. The average molecular weight is 371 g/mol. The molecule has 0 bridgehead atoms. The second-order valence-corrected chi connectivity index (χ2v) is 8.11. The summed E-state index contributed by atoms with van der Waals surface area (Å²) in [5.74, 6) is 0.836. The Hall–Kier alpha value is -1.98. The highest BCUT2D eigenvalue weighted by Crippen LogP contribution is 2.21. The van der Waals surface area contributed by atoms with Crippen LogP contribution >= 0.6 is 11.8 Å². The quantitative estimate of drug-likeness (QED) is 0.423. The molecule has 140 valence electrons. The molecule has 5 heteroatoms. The lowest BCUT2D eigenvalue weighted by molar-refractivity contribution is 0.402. The van der Waals surface area contributed by atoms with E-state index in [1.165, 1.54) is 16.0 Å². The van der Waals surface area contributed by atoms with Crippen molar-refractivity contribution in [2.24, 2.45) is 4.99 Å². The Morgan fingerprint density at radius 2 is 1.65 bits per heavy atom. The smallest absolute Gasteiger partial charge is 0.191 e. The van der Waals surface area contributed by atoms with Crippen molar-refractivity contribution in [1.82, 2.24) is 15.5 Å². The summed E-state index contributed by atoms with van der Waals surface area (Å²) in [4.78, 5) is 7.79. The minimum atomic E-state index is 0.460. The summed E-state index contributed by atoms with van der Waals surface area (Å²) in [7, 11) is 5.98. The normalized spacial score (nSPS) is 12.9. The molecule has 0 heterocycles. The maximum absolute atomic E-state index is 4.32. The van der Waals surface area contributed by atoms with Gasteiger partial charge in [-0.3, -0.25) is 4.99 Å². The molecule has 2 aromatic carbocycles. The van der Waals surface area contributed by atoms with Gasteiger partial charge < -0.3 is 15.5 Å². The van der Waals surface area contributed by atoms with Crippen LogP contribution in [0.3, 0.4) is 0 Å². The van der Waals surface area contributed by atoms with Crippen LogP contribution in [0, 0.1) is 0 Å². The molecule has 0 aromatic heterocycles. The number of benzene rings is 2. The summed E-state index contributed by atoms with van der Waals surface area (Å²) in [6.45, 7) is 4.82. The lowest BCUT2D eigenvalue weighted by Crippen LogP contribution is -2.39. The monoisotopic (exact) mass is 370 g/mol. The lowest BCUT2D eigenvalue weighted by Gasteiger charge is -2.16. The number of hydrogen-bond acceptors (Lipinski definition) is 3. The number of aliphatic imine (C=N–C) groups is 1. The van der Waals surface area contributed by atoms with Crippen LogP contribution in [-0.4, -0.2) is 43.8 Å². The molecule has 0 fully saturated rings. The zero-order valence-electron chi connectivity index (χ0n) is 16.2. The lowest BCUT2D eigenvalue weighted by atomic mass is 10.1. The summed E-state index contributed by atoms with van der Waals surface area (Å²) >= 11 is 1.87. The number of nitrogens with zero attached hydrogens (tertiary/aromatic N) is 2. The summed E-state index contributed by atoms with van der Waals surface area (Å²) in [6, 6.07) is 19.2. The second-order valence-electron chi connectivity index (χ2n) is 6.60. The maximum Gasteiger partial charge on any atom is 0.191 e. The first-order valence-corrected chi connectivity index (χ1v) is 9.83. The van der Waals surface area contributed by atoms with Crippen LogP contribution in [0.1, 0.15) is 18.1 Å². The molecule has 26 heavy (non-hydrogen) atoms. The SMILES string of the molecule is CN=C(NCc1ccc(CN(C)C)cc1)NCC(C)Sc1ccccc1. The van der Waals surface area contributed by atoms with Gasteiger partial charge in [-0.25, -0.2) is 0 Å². The maximum atomic E-state index is 4.32. The highest BCUT2D eigenvalue weighted by molar-refractivity contribution is 8.00. The fourth-order valence-electron chi connectivity index (χ4n) is 2.55. The van der Waals surface area contributed by atoms with E-state index in [0.29, 0.717) is 5.25 Å². The van der Waals surface area contributed by atoms with Gasteiger partial charge in [-0.1, -0.05) is 49.4 Å². The number of thioether (sulfide) groups is 1. The Morgan fingerprint density at radius 1 is 1.00 bits per heavy atom. The summed E-state index contributed by atoms with van der Waals surface area (Å²) < 4.78 is 0. The van der Waals surface area contributed by atoms with E-state index in [-0.39, 0.29) is 0 Å². The Balaban J connectivity index is 1.75. The number of rotatable bonds is 8. The molecule has 2 rings (SSSR count). The van der Waals surface area contributed by atoms with Gasteiger partial charge in [0.1, 0.15) is 0 Å². The van der Waals surface area contributed by atoms with Crippen LogP contribution in [0.15, 0.2) is 64.5 Å². The van der Waals surface area contributed by atoms with E-state index in [9.17, 15) is 0 Å². The molecule has 1 atom stereocenters. The van der Waals surface area contributed by atoms with Gasteiger partial charge >= 0.3 is 0 Å². The van der Waals surface area contributed by atoms with Gasteiger partial charge in [-0.05, 0) is 37.4 Å². The van der Waals surface area contributed by atoms with E-state index >= 15 is 0 Å². The predicted octanol–water partition coefficient (Wildman–Crippen LogP) is 3.59. The van der Waals surface area contributed by atoms with Gasteiger partial charge in [0.15, 0.2) is 5.96 Å². The molecule has 4 nitrogen and oxygen atoms in total. The van der Waals surface area contributed by atoms with Crippen LogP contribution in [0.2, 0.25) is 0 Å². The molecular weight excluding hydrogens is 340 g/mol. The van der Waals surface area contributed by atoms with Crippen molar-refractivity contribution in [1.29, 1.82) is 0 Å². The number of hydrogen-bond donors (Lipinski definition) is 2. The number of guanidine groups is 1. The molecule has 0 aliphatic heterocycles. The Bertz CT molecular complexity index is 668. The van der Waals surface area contributed by atoms with Crippen molar-refractivity contribution >= 4 is 17.7 Å². The standard InChI is InChI=1S/C21H30N4S/c1-17(26-20-8-6-5-7-9-20)14-23-21(22-2)24-15-18-10-12-19(13-11-18)16-25(3)4/h5-13,17H,14-16H2,1-4H3,(H2,22,23,24). The highest BCUT2D eigenvalue weighted by Gasteiger charge is 2.06. The molecule has 0 saturated heterocycles. The van der Waals surface area contributed by atoms with E-state index in [2.05, 4.69) is 90.1 Å². The fourth-order valence-corrected chi connectivity index (χ4v) is 3.49. The zero-order valence-corrected chi connectivity index (χ0v) is 17.0. The fraction of sp³-hybridized carbons (Fsp3) is 0.381. The Labute approximate surface area is 162 Å².